The summed E-state index contributed by atoms with van der Waals surface area (Å²) in [5, 5.41) is 16.5. The van der Waals surface area contributed by atoms with Crippen LogP contribution in [0.25, 0.3) is 0 Å². The van der Waals surface area contributed by atoms with Gasteiger partial charge < -0.3 is 5.11 Å². The molecule has 0 aliphatic rings. The predicted octanol–water partition coefficient (Wildman–Crippen LogP) is 0.728. The number of hydrogen-bond donors (Lipinski definition) is 1. The van der Waals surface area contributed by atoms with Crippen LogP contribution in [0.1, 0.15) is 21.9 Å². The van der Waals surface area contributed by atoms with Gasteiger partial charge in [-0.15, -0.1) is 5.10 Å². The largest absolute Gasteiger partial charge is 0.476 e. The van der Waals surface area contributed by atoms with Crippen LogP contribution in [0.15, 0.2) is 24.4 Å². The van der Waals surface area contributed by atoms with E-state index in [2.05, 4.69) is 15.3 Å². The van der Waals surface area contributed by atoms with Gasteiger partial charge in [-0.1, -0.05) is 11.3 Å². The van der Waals surface area contributed by atoms with Crippen molar-refractivity contribution in [1.82, 2.24) is 20.0 Å². The van der Waals surface area contributed by atoms with Gasteiger partial charge in [0.05, 0.1) is 17.9 Å². The molecule has 0 fully saturated rings. The molecule has 0 radical (unpaired) electrons. The molecular weight excluding hydrogens is 208 g/mol. The van der Waals surface area contributed by atoms with Gasteiger partial charge in [-0.05, 0) is 19.1 Å². The number of rotatable bonds is 3. The number of nitrogens with zero attached hydrogens (tertiary/aromatic N) is 4. The van der Waals surface area contributed by atoms with Gasteiger partial charge in [-0.3, -0.25) is 4.98 Å². The van der Waals surface area contributed by atoms with Crippen molar-refractivity contribution >= 4 is 5.97 Å². The number of aromatic carboxylic acids is 1. The summed E-state index contributed by atoms with van der Waals surface area (Å²) < 4.78 is 1.33. The summed E-state index contributed by atoms with van der Waals surface area (Å²) in [6.07, 6.45) is 1.65. The second-order valence-corrected chi connectivity index (χ2v) is 3.31. The van der Waals surface area contributed by atoms with Crippen LogP contribution in [-0.4, -0.2) is 31.1 Å². The van der Waals surface area contributed by atoms with Gasteiger partial charge in [-0.25, -0.2) is 9.48 Å². The molecule has 2 aromatic heterocycles. The van der Waals surface area contributed by atoms with Crippen LogP contribution in [0.5, 0.6) is 0 Å². The Labute approximate surface area is 91.6 Å². The van der Waals surface area contributed by atoms with Crippen molar-refractivity contribution in [3.8, 4) is 0 Å². The van der Waals surface area contributed by atoms with E-state index < -0.39 is 5.97 Å². The first-order valence-electron chi connectivity index (χ1n) is 4.72. The van der Waals surface area contributed by atoms with Gasteiger partial charge in [0.1, 0.15) is 0 Å². The lowest BCUT2D eigenvalue weighted by Gasteiger charge is -2.02. The summed E-state index contributed by atoms with van der Waals surface area (Å²) in [7, 11) is 0. The Morgan fingerprint density at radius 3 is 2.94 bits per heavy atom. The third-order valence-electron chi connectivity index (χ3n) is 2.14. The van der Waals surface area contributed by atoms with Crippen LogP contribution in [0.2, 0.25) is 0 Å². The third kappa shape index (κ3) is 1.90. The summed E-state index contributed by atoms with van der Waals surface area (Å²) in [5.74, 6) is -1.03. The summed E-state index contributed by atoms with van der Waals surface area (Å²) in [4.78, 5) is 15.1. The molecule has 82 valence electrons. The predicted molar refractivity (Wildman–Crippen MR) is 55.1 cm³/mol. The molecule has 0 atom stereocenters. The number of aryl methyl sites for hydroxylation is 1. The minimum atomic E-state index is -1.03. The molecule has 0 spiro atoms. The number of carboxylic acid groups (broad SMARTS) is 1. The Kier molecular flexibility index (Phi) is 2.63. The highest BCUT2D eigenvalue weighted by atomic mass is 16.4. The smallest absolute Gasteiger partial charge is 0.356 e. The van der Waals surface area contributed by atoms with E-state index in [1.807, 2.05) is 12.1 Å². The van der Waals surface area contributed by atoms with Gasteiger partial charge in [0.25, 0.3) is 0 Å². The molecule has 6 heteroatoms. The van der Waals surface area contributed by atoms with Crippen molar-refractivity contribution in [2.24, 2.45) is 0 Å². The molecule has 6 nitrogen and oxygen atoms in total. The average Bonchev–Trinajstić information content (AvgIpc) is 2.61. The molecule has 0 bridgehead atoms. The Morgan fingerprint density at radius 1 is 1.50 bits per heavy atom. The van der Waals surface area contributed by atoms with Crippen LogP contribution in [-0.2, 0) is 6.54 Å². The van der Waals surface area contributed by atoms with Crippen molar-refractivity contribution in [2.45, 2.75) is 13.5 Å². The average molecular weight is 218 g/mol. The van der Waals surface area contributed by atoms with Crippen LogP contribution in [0.4, 0.5) is 0 Å². The fourth-order valence-electron chi connectivity index (χ4n) is 1.42. The standard InChI is InChI=1S/C10H10N4O2/c1-7-9(10(15)16)14(13-12-7)6-8-4-2-3-5-11-8/h2-5H,6H2,1H3,(H,15,16). The molecule has 2 heterocycles. The molecule has 16 heavy (non-hydrogen) atoms. The monoisotopic (exact) mass is 218 g/mol. The molecule has 0 aromatic carbocycles. The van der Waals surface area contributed by atoms with E-state index in [1.54, 1.807) is 19.2 Å². The first-order chi connectivity index (χ1) is 7.68. The lowest BCUT2D eigenvalue weighted by molar-refractivity contribution is 0.0683. The van der Waals surface area contributed by atoms with Gasteiger partial charge in [-0.2, -0.15) is 0 Å². The van der Waals surface area contributed by atoms with Crippen molar-refractivity contribution in [2.75, 3.05) is 0 Å². The van der Waals surface area contributed by atoms with Crippen molar-refractivity contribution in [3.05, 3.63) is 41.5 Å². The molecule has 0 saturated heterocycles. The Morgan fingerprint density at radius 2 is 2.31 bits per heavy atom. The SMILES string of the molecule is Cc1nnn(Cc2ccccn2)c1C(=O)O. The van der Waals surface area contributed by atoms with E-state index in [0.29, 0.717) is 12.2 Å². The van der Waals surface area contributed by atoms with Gasteiger partial charge in [0.2, 0.25) is 0 Å². The molecule has 2 rings (SSSR count). The zero-order valence-electron chi connectivity index (χ0n) is 8.66. The molecular formula is C10H10N4O2. The highest BCUT2D eigenvalue weighted by Gasteiger charge is 2.16. The topological polar surface area (TPSA) is 80.9 Å². The van der Waals surface area contributed by atoms with Crippen molar-refractivity contribution in [3.63, 3.8) is 0 Å². The van der Waals surface area contributed by atoms with E-state index in [0.717, 1.165) is 5.69 Å². The molecule has 0 unspecified atom stereocenters. The number of pyridine rings is 1. The molecule has 0 saturated carbocycles. The van der Waals surface area contributed by atoms with Gasteiger partial charge in [0, 0.05) is 6.20 Å². The Hall–Kier alpha value is -2.24. The third-order valence-corrected chi connectivity index (χ3v) is 2.14. The first kappa shape index (κ1) is 10.3. The fourth-order valence-corrected chi connectivity index (χ4v) is 1.42. The van der Waals surface area contributed by atoms with Gasteiger partial charge >= 0.3 is 5.97 Å². The lowest BCUT2D eigenvalue weighted by Crippen LogP contribution is -2.12. The highest BCUT2D eigenvalue weighted by Crippen LogP contribution is 2.06. The quantitative estimate of drug-likeness (QED) is 0.821. The minimum absolute atomic E-state index is 0.102. The maximum Gasteiger partial charge on any atom is 0.356 e. The molecule has 1 N–H and O–H groups in total. The Bertz CT molecular complexity index is 507. The summed E-state index contributed by atoms with van der Waals surface area (Å²) in [6.45, 7) is 1.93. The Balaban J connectivity index is 2.32. The number of carbonyl (C=O) groups is 1. The first-order valence-corrected chi connectivity index (χ1v) is 4.72. The minimum Gasteiger partial charge on any atom is -0.476 e. The van der Waals surface area contributed by atoms with E-state index >= 15 is 0 Å². The van der Waals surface area contributed by atoms with Crippen molar-refractivity contribution in [1.29, 1.82) is 0 Å². The van der Waals surface area contributed by atoms with Crippen LogP contribution >= 0.6 is 0 Å². The van der Waals surface area contributed by atoms with E-state index in [-0.39, 0.29) is 5.69 Å². The second kappa shape index (κ2) is 4.09. The fraction of sp³-hybridized carbons (Fsp3) is 0.200. The van der Waals surface area contributed by atoms with E-state index in [4.69, 9.17) is 5.11 Å². The zero-order chi connectivity index (χ0) is 11.5. The molecule has 0 amide bonds. The zero-order valence-corrected chi connectivity index (χ0v) is 8.66. The molecule has 0 aliphatic heterocycles. The maximum absolute atomic E-state index is 11.0. The van der Waals surface area contributed by atoms with Gasteiger partial charge in [0.15, 0.2) is 5.69 Å². The summed E-state index contributed by atoms with van der Waals surface area (Å²) >= 11 is 0. The summed E-state index contributed by atoms with van der Waals surface area (Å²) in [5.41, 5.74) is 1.25. The van der Waals surface area contributed by atoms with E-state index in [9.17, 15) is 4.79 Å². The number of carboxylic acids is 1. The van der Waals surface area contributed by atoms with E-state index in [1.165, 1.54) is 4.68 Å². The van der Waals surface area contributed by atoms with Crippen LogP contribution in [0, 0.1) is 6.92 Å². The van der Waals surface area contributed by atoms with Crippen LogP contribution in [0.3, 0.4) is 0 Å². The molecule has 2 aromatic rings. The normalized spacial score (nSPS) is 10.3. The van der Waals surface area contributed by atoms with Crippen molar-refractivity contribution < 1.29 is 9.90 Å². The maximum atomic E-state index is 11.0. The molecule has 0 aliphatic carbocycles. The van der Waals surface area contributed by atoms with Crippen LogP contribution < -0.4 is 0 Å². The summed E-state index contributed by atoms with van der Waals surface area (Å²) in [6, 6.07) is 5.45. The highest BCUT2D eigenvalue weighted by molar-refractivity contribution is 5.86. The lowest BCUT2D eigenvalue weighted by atomic mass is 10.3. The number of hydrogen-bond acceptors (Lipinski definition) is 4. The number of aromatic nitrogens is 4. The second-order valence-electron chi connectivity index (χ2n) is 3.31.